The van der Waals surface area contributed by atoms with Crippen LogP contribution in [0.5, 0.6) is 11.5 Å². The lowest BCUT2D eigenvalue weighted by Gasteiger charge is -2.19. The smallest absolute Gasteiger partial charge is 0.251 e. The molecular weight excluding hydrogens is 370 g/mol. The van der Waals surface area contributed by atoms with E-state index in [9.17, 15) is 9.90 Å². The van der Waals surface area contributed by atoms with E-state index in [2.05, 4.69) is 10.4 Å². The lowest BCUT2D eigenvalue weighted by atomic mass is 10.1. The summed E-state index contributed by atoms with van der Waals surface area (Å²) in [5.41, 5.74) is 0.515. The first-order chi connectivity index (χ1) is 14.1. The second-order valence-corrected chi connectivity index (χ2v) is 8.10. The predicted octanol–water partition coefficient (Wildman–Crippen LogP) is 2.78. The Hall–Kier alpha value is -2.54. The van der Waals surface area contributed by atoms with Crippen LogP contribution >= 0.6 is 0 Å². The summed E-state index contributed by atoms with van der Waals surface area (Å²) in [5, 5.41) is 17.6. The molecular formula is C22H29N3O4. The summed E-state index contributed by atoms with van der Waals surface area (Å²) < 4.78 is 13.4. The van der Waals surface area contributed by atoms with Crippen LogP contribution in [0.15, 0.2) is 36.7 Å². The van der Waals surface area contributed by atoms with Gasteiger partial charge in [0.15, 0.2) is 11.5 Å². The molecule has 29 heavy (non-hydrogen) atoms. The van der Waals surface area contributed by atoms with Crippen molar-refractivity contribution in [1.29, 1.82) is 0 Å². The van der Waals surface area contributed by atoms with Crippen LogP contribution in [0.2, 0.25) is 0 Å². The Kier molecular flexibility index (Phi) is 6.04. The van der Waals surface area contributed by atoms with Crippen molar-refractivity contribution in [3.63, 3.8) is 0 Å². The molecule has 2 aliphatic carbocycles. The minimum atomic E-state index is -0.549. The quantitative estimate of drug-likeness (QED) is 0.748. The average molecular weight is 399 g/mol. The number of rotatable bonds is 7. The van der Waals surface area contributed by atoms with Gasteiger partial charge in [-0.3, -0.25) is 9.48 Å². The van der Waals surface area contributed by atoms with Gasteiger partial charge in [-0.05, 0) is 68.7 Å². The van der Waals surface area contributed by atoms with Gasteiger partial charge < -0.3 is 19.9 Å². The third-order valence-corrected chi connectivity index (χ3v) is 5.97. The molecule has 2 saturated carbocycles. The van der Waals surface area contributed by atoms with E-state index in [-0.39, 0.29) is 24.0 Å². The third kappa shape index (κ3) is 4.72. The van der Waals surface area contributed by atoms with Crippen LogP contribution in [0, 0.1) is 5.92 Å². The first-order valence-corrected chi connectivity index (χ1v) is 10.4. The summed E-state index contributed by atoms with van der Waals surface area (Å²) in [6.07, 6.45) is 9.10. The number of carbonyl (C=O) groups excluding carboxylic acids is 1. The summed E-state index contributed by atoms with van der Waals surface area (Å²) in [6, 6.07) is 6.88. The van der Waals surface area contributed by atoms with Crippen LogP contribution in [0.1, 0.15) is 48.9 Å². The number of aromatic nitrogens is 2. The van der Waals surface area contributed by atoms with E-state index in [1.807, 2.05) is 16.9 Å². The van der Waals surface area contributed by atoms with Gasteiger partial charge in [-0.25, -0.2) is 0 Å². The summed E-state index contributed by atoms with van der Waals surface area (Å²) in [6.45, 7) is 0.748. The number of ether oxygens (including phenoxy) is 2. The Morgan fingerprint density at radius 2 is 2.10 bits per heavy atom. The molecule has 156 valence electrons. The van der Waals surface area contributed by atoms with Crippen molar-refractivity contribution in [2.45, 2.75) is 63.3 Å². The largest absolute Gasteiger partial charge is 0.493 e. The molecule has 0 aliphatic heterocycles. The molecule has 7 heteroatoms. The summed E-state index contributed by atoms with van der Waals surface area (Å²) >= 11 is 0. The number of hydrogen-bond donors (Lipinski definition) is 2. The maximum Gasteiger partial charge on any atom is 0.251 e. The number of amides is 1. The Bertz CT molecular complexity index is 817. The molecule has 2 fully saturated rings. The molecule has 0 spiro atoms. The van der Waals surface area contributed by atoms with Gasteiger partial charge in [0, 0.05) is 24.5 Å². The van der Waals surface area contributed by atoms with E-state index in [0.29, 0.717) is 23.5 Å². The number of hydrogen-bond acceptors (Lipinski definition) is 5. The van der Waals surface area contributed by atoms with Crippen LogP contribution in [0.25, 0.3) is 0 Å². The molecule has 1 heterocycles. The average Bonchev–Trinajstić information content (AvgIpc) is 3.46. The minimum absolute atomic E-state index is 0.182. The number of nitrogens with one attached hydrogen (secondary N) is 1. The zero-order chi connectivity index (χ0) is 20.2. The van der Waals surface area contributed by atoms with Gasteiger partial charge >= 0.3 is 0 Å². The van der Waals surface area contributed by atoms with Crippen molar-refractivity contribution in [3.8, 4) is 11.5 Å². The molecule has 2 N–H and O–H groups in total. The molecule has 1 aromatic heterocycles. The first-order valence-electron chi connectivity index (χ1n) is 10.4. The molecule has 2 aromatic rings. The van der Waals surface area contributed by atoms with Crippen LogP contribution in [-0.4, -0.2) is 46.2 Å². The molecule has 3 atom stereocenters. The number of nitrogens with zero attached hydrogens (tertiary/aromatic N) is 2. The lowest BCUT2D eigenvalue weighted by molar-refractivity contribution is 0.0872. The molecule has 1 amide bonds. The predicted molar refractivity (Wildman–Crippen MR) is 108 cm³/mol. The highest BCUT2D eigenvalue weighted by Gasteiger charge is 2.34. The van der Waals surface area contributed by atoms with E-state index < -0.39 is 6.10 Å². The van der Waals surface area contributed by atoms with Crippen LogP contribution in [0.4, 0.5) is 0 Å². The second kappa shape index (κ2) is 8.86. The fraction of sp³-hybridized carbons (Fsp3) is 0.545. The third-order valence-electron chi connectivity index (χ3n) is 5.97. The fourth-order valence-corrected chi connectivity index (χ4v) is 4.44. The van der Waals surface area contributed by atoms with Gasteiger partial charge in [-0.2, -0.15) is 5.10 Å². The second-order valence-electron chi connectivity index (χ2n) is 8.10. The highest BCUT2D eigenvalue weighted by Crippen LogP contribution is 2.33. The first kappa shape index (κ1) is 19.8. The van der Waals surface area contributed by atoms with Crippen molar-refractivity contribution in [2.75, 3.05) is 7.11 Å². The van der Waals surface area contributed by atoms with E-state index in [1.54, 1.807) is 31.5 Å². The molecule has 0 bridgehead atoms. The topological polar surface area (TPSA) is 85.6 Å². The zero-order valence-electron chi connectivity index (χ0n) is 16.8. The van der Waals surface area contributed by atoms with Gasteiger partial charge in [-0.1, -0.05) is 0 Å². The standard InChI is InChI=1S/C22H29N3O4/c1-28-20-8-7-16(13-21(20)29-17-5-2-3-6-17)22(27)24-18-11-15(12-19(18)26)14-25-10-4-9-23-25/h4,7-10,13,15,17-19,26H,2-3,5-6,11-12,14H2,1H3,(H,24,27)/t15?,18-,19-/m1/s1. The SMILES string of the molecule is COc1ccc(C(=O)N[C@@H]2CC(Cn3cccn3)C[C@H]2O)cc1OC1CCCC1. The Morgan fingerprint density at radius 3 is 2.83 bits per heavy atom. The van der Waals surface area contributed by atoms with Crippen molar-refractivity contribution in [3.05, 3.63) is 42.2 Å². The highest BCUT2D eigenvalue weighted by molar-refractivity contribution is 5.95. The number of benzene rings is 1. The van der Waals surface area contributed by atoms with Gasteiger partial charge in [0.05, 0.1) is 25.4 Å². The van der Waals surface area contributed by atoms with E-state index in [1.165, 1.54) is 12.8 Å². The normalized spacial score (nSPS) is 24.6. The molecule has 0 saturated heterocycles. The minimum Gasteiger partial charge on any atom is -0.493 e. The van der Waals surface area contributed by atoms with E-state index in [4.69, 9.17) is 9.47 Å². The van der Waals surface area contributed by atoms with Gasteiger partial charge in [0.25, 0.3) is 5.91 Å². The molecule has 4 rings (SSSR count). The van der Waals surface area contributed by atoms with Crippen molar-refractivity contribution >= 4 is 5.91 Å². The number of aliphatic hydroxyl groups excluding tert-OH is 1. The Balaban J connectivity index is 1.39. The molecule has 1 aromatic carbocycles. The van der Waals surface area contributed by atoms with Crippen LogP contribution in [0.3, 0.4) is 0 Å². The number of methoxy groups -OCH3 is 1. The maximum absolute atomic E-state index is 12.8. The zero-order valence-corrected chi connectivity index (χ0v) is 16.8. The van der Waals surface area contributed by atoms with Crippen molar-refractivity contribution in [1.82, 2.24) is 15.1 Å². The number of aliphatic hydroxyl groups is 1. The summed E-state index contributed by atoms with van der Waals surface area (Å²) in [5.74, 6) is 1.32. The molecule has 2 aliphatic rings. The Morgan fingerprint density at radius 1 is 1.28 bits per heavy atom. The monoisotopic (exact) mass is 399 g/mol. The van der Waals surface area contributed by atoms with Gasteiger partial charge in [-0.15, -0.1) is 0 Å². The van der Waals surface area contributed by atoms with Crippen molar-refractivity contribution in [2.24, 2.45) is 5.92 Å². The molecule has 0 radical (unpaired) electrons. The van der Waals surface area contributed by atoms with Gasteiger partial charge in [0.1, 0.15) is 0 Å². The van der Waals surface area contributed by atoms with Crippen LogP contribution < -0.4 is 14.8 Å². The number of carbonyl (C=O) groups is 1. The maximum atomic E-state index is 12.8. The molecule has 1 unspecified atom stereocenters. The van der Waals surface area contributed by atoms with Crippen LogP contribution in [-0.2, 0) is 6.54 Å². The van der Waals surface area contributed by atoms with E-state index in [0.717, 1.165) is 25.8 Å². The van der Waals surface area contributed by atoms with E-state index >= 15 is 0 Å². The van der Waals surface area contributed by atoms with Crippen molar-refractivity contribution < 1.29 is 19.4 Å². The summed E-state index contributed by atoms with van der Waals surface area (Å²) in [7, 11) is 1.60. The molecule has 7 nitrogen and oxygen atoms in total. The highest BCUT2D eigenvalue weighted by atomic mass is 16.5. The lowest BCUT2D eigenvalue weighted by Crippen LogP contribution is -2.39. The summed E-state index contributed by atoms with van der Waals surface area (Å²) in [4.78, 5) is 12.8. The van der Waals surface area contributed by atoms with Gasteiger partial charge in [0.2, 0.25) is 0 Å². The fourth-order valence-electron chi connectivity index (χ4n) is 4.44. The Labute approximate surface area is 171 Å².